The van der Waals surface area contributed by atoms with E-state index in [1.165, 1.54) is 38.2 Å². The van der Waals surface area contributed by atoms with Crippen molar-refractivity contribution in [2.24, 2.45) is 15.9 Å². The molecule has 0 bridgehead atoms. The lowest BCUT2D eigenvalue weighted by Crippen LogP contribution is -2.32. The molecule has 0 amide bonds. The minimum Gasteiger partial charge on any atom is -0.454 e. The van der Waals surface area contributed by atoms with Crippen LogP contribution in [0.1, 0.15) is 30.5 Å². The summed E-state index contributed by atoms with van der Waals surface area (Å²) in [4.78, 5) is 11.2. The minimum atomic E-state index is -0.135. The predicted molar refractivity (Wildman–Crippen MR) is 245 cm³/mol. The average Bonchev–Trinajstić information content (AvgIpc) is 3.97. The zero-order chi connectivity index (χ0) is 39.0. The zero-order valence-corrected chi connectivity index (χ0v) is 32.5. The molecular formula is C54H38N4O. The predicted octanol–water partition coefficient (Wildman–Crippen LogP) is 13.9. The molecule has 12 rings (SSSR count). The Labute approximate surface area is 340 Å². The molecule has 0 aliphatic carbocycles. The number of rotatable bonds is 5. The first-order valence-electron chi connectivity index (χ1n) is 20.5. The molecule has 0 saturated heterocycles. The first kappa shape index (κ1) is 33.6. The van der Waals surface area contributed by atoms with Crippen molar-refractivity contribution in [2.75, 3.05) is 0 Å². The third-order valence-electron chi connectivity index (χ3n) is 12.3. The van der Waals surface area contributed by atoms with Crippen LogP contribution in [0.4, 0.5) is 0 Å². The second-order valence-electron chi connectivity index (χ2n) is 15.5. The van der Waals surface area contributed by atoms with Crippen molar-refractivity contribution in [1.82, 2.24) is 9.13 Å². The van der Waals surface area contributed by atoms with Crippen LogP contribution in [0.3, 0.4) is 0 Å². The van der Waals surface area contributed by atoms with E-state index in [0.29, 0.717) is 5.84 Å². The van der Waals surface area contributed by atoms with Crippen molar-refractivity contribution >= 4 is 77.2 Å². The maximum atomic E-state index is 6.99. The highest BCUT2D eigenvalue weighted by molar-refractivity contribution is 6.24. The molecule has 1 aliphatic heterocycles. The number of fused-ring (bicyclic) bond motifs is 9. The van der Waals surface area contributed by atoms with Gasteiger partial charge >= 0.3 is 0 Å². The maximum absolute atomic E-state index is 6.99. The third-order valence-corrected chi connectivity index (χ3v) is 12.3. The second-order valence-corrected chi connectivity index (χ2v) is 15.5. The summed E-state index contributed by atoms with van der Waals surface area (Å²) in [5.74, 6) is 1.76. The number of hydrogen-bond acceptors (Lipinski definition) is 3. The summed E-state index contributed by atoms with van der Waals surface area (Å²) in [5, 5.41) is 6.89. The lowest BCUT2D eigenvalue weighted by molar-refractivity contribution is 0.522. The van der Waals surface area contributed by atoms with Crippen molar-refractivity contribution in [3.8, 4) is 16.8 Å². The van der Waals surface area contributed by atoms with Crippen LogP contribution in [0, 0.1) is 5.92 Å². The second kappa shape index (κ2) is 13.3. The highest BCUT2D eigenvalue weighted by atomic mass is 16.3. The standard InChI is InChI=1S/C54H38N4O/c1-2-37-51(35-19-7-4-8-20-35)55-53(56-54(37)58-45-27-13-10-21-38(45)39-22-11-14-28-46(39)58)43-25-16-30-49-50(43)42-24-15-29-47(52(42)59-49)57-44-26-12-9-23-40(44)41-32-31-36(33-48(41)57)34-17-5-3-6-18-34/h3-33,37,51H,2H2,1H3. The molecule has 0 N–H and O–H groups in total. The molecule has 2 atom stereocenters. The van der Waals surface area contributed by atoms with E-state index in [-0.39, 0.29) is 12.0 Å². The Morgan fingerprint density at radius 1 is 0.508 bits per heavy atom. The Kier molecular flexibility index (Phi) is 7.57. The summed E-state index contributed by atoms with van der Waals surface area (Å²) >= 11 is 0. The van der Waals surface area contributed by atoms with Crippen molar-refractivity contribution in [3.05, 3.63) is 199 Å². The van der Waals surface area contributed by atoms with Crippen LogP contribution < -0.4 is 0 Å². The smallest absolute Gasteiger partial charge is 0.159 e. The number of para-hydroxylation sites is 4. The number of nitrogens with zero attached hydrogens (tertiary/aromatic N) is 4. The zero-order valence-electron chi connectivity index (χ0n) is 32.5. The minimum absolute atomic E-state index is 0.0448. The quantitative estimate of drug-likeness (QED) is 0.172. The number of hydrogen-bond donors (Lipinski definition) is 0. The van der Waals surface area contributed by atoms with Gasteiger partial charge in [-0.25, -0.2) is 4.99 Å². The molecule has 0 saturated carbocycles. The van der Waals surface area contributed by atoms with Gasteiger partial charge in [0.15, 0.2) is 11.4 Å². The Bertz CT molecular complexity index is 3440. The van der Waals surface area contributed by atoms with Crippen LogP contribution in [-0.2, 0) is 0 Å². The number of aromatic nitrogens is 2. The van der Waals surface area contributed by atoms with Gasteiger partial charge in [0.05, 0.1) is 33.8 Å². The fraction of sp³-hybridized carbons (Fsp3) is 0.0741. The van der Waals surface area contributed by atoms with Crippen LogP contribution in [-0.4, -0.2) is 20.8 Å². The van der Waals surface area contributed by atoms with Crippen LogP contribution in [0.5, 0.6) is 0 Å². The number of aliphatic imine (C=N–C) groups is 2. The largest absolute Gasteiger partial charge is 0.454 e. The Morgan fingerprint density at radius 3 is 1.80 bits per heavy atom. The van der Waals surface area contributed by atoms with E-state index in [0.717, 1.165) is 67.5 Å². The normalized spacial score (nSPS) is 15.8. The Balaban J connectivity index is 1.11. The summed E-state index contributed by atoms with van der Waals surface area (Å²) < 4.78 is 11.8. The van der Waals surface area contributed by atoms with Crippen LogP contribution in [0.25, 0.3) is 82.4 Å². The lowest BCUT2D eigenvalue weighted by Gasteiger charge is -2.30. The van der Waals surface area contributed by atoms with Gasteiger partial charge in [0.1, 0.15) is 11.4 Å². The molecule has 1 aliphatic rings. The van der Waals surface area contributed by atoms with Gasteiger partial charge in [-0.2, -0.15) is 0 Å². The van der Waals surface area contributed by atoms with E-state index in [1.54, 1.807) is 0 Å². The molecule has 3 aromatic heterocycles. The van der Waals surface area contributed by atoms with Crippen LogP contribution in [0.15, 0.2) is 202 Å². The first-order chi connectivity index (χ1) is 29.2. The van der Waals surface area contributed by atoms with Crippen LogP contribution >= 0.6 is 0 Å². The van der Waals surface area contributed by atoms with Gasteiger partial charge in [0.2, 0.25) is 0 Å². The van der Waals surface area contributed by atoms with Gasteiger partial charge in [0.25, 0.3) is 0 Å². The van der Waals surface area contributed by atoms with Gasteiger partial charge in [0, 0.05) is 43.8 Å². The van der Waals surface area contributed by atoms with E-state index in [4.69, 9.17) is 14.4 Å². The number of furan rings is 1. The molecule has 0 spiro atoms. The van der Waals surface area contributed by atoms with Crippen molar-refractivity contribution in [2.45, 2.75) is 19.4 Å². The summed E-state index contributed by atoms with van der Waals surface area (Å²) in [6.07, 6.45) is 0.878. The molecule has 5 nitrogen and oxygen atoms in total. The van der Waals surface area contributed by atoms with E-state index in [1.807, 2.05) is 0 Å². The molecular weight excluding hydrogens is 721 g/mol. The van der Waals surface area contributed by atoms with Gasteiger partial charge in [-0.1, -0.05) is 159 Å². The molecule has 0 fully saturated rings. The summed E-state index contributed by atoms with van der Waals surface area (Å²) in [5.41, 5.74) is 11.7. The molecule has 11 aromatic rings. The third kappa shape index (κ3) is 5.11. The van der Waals surface area contributed by atoms with E-state index in [9.17, 15) is 0 Å². The molecule has 4 heterocycles. The van der Waals surface area contributed by atoms with E-state index < -0.39 is 0 Å². The fourth-order valence-electron chi connectivity index (χ4n) is 9.70. The van der Waals surface area contributed by atoms with Gasteiger partial charge in [-0.15, -0.1) is 0 Å². The number of amidine groups is 1. The highest BCUT2D eigenvalue weighted by Crippen LogP contribution is 2.43. The molecule has 59 heavy (non-hydrogen) atoms. The molecule has 280 valence electrons. The summed E-state index contributed by atoms with van der Waals surface area (Å²) in [7, 11) is 0. The fourth-order valence-corrected chi connectivity index (χ4v) is 9.70. The Morgan fingerprint density at radius 2 is 1.10 bits per heavy atom. The van der Waals surface area contributed by atoms with Crippen molar-refractivity contribution < 1.29 is 4.42 Å². The van der Waals surface area contributed by atoms with Gasteiger partial charge in [-0.05, 0) is 59.5 Å². The average molecular weight is 759 g/mol. The maximum Gasteiger partial charge on any atom is 0.159 e. The molecule has 8 aromatic carbocycles. The summed E-state index contributed by atoms with van der Waals surface area (Å²) in [6.45, 7) is 2.26. The van der Waals surface area contributed by atoms with E-state index >= 15 is 0 Å². The van der Waals surface area contributed by atoms with Crippen LogP contribution in [0.2, 0.25) is 0 Å². The Hall–Kier alpha value is -7.50. The first-order valence-corrected chi connectivity index (χ1v) is 20.5. The molecule has 2 unspecified atom stereocenters. The monoisotopic (exact) mass is 758 g/mol. The lowest BCUT2D eigenvalue weighted by atomic mass is 9.88. The highest BCUT2D eigenvalue weighted by Gasteiger charge is 2.34. The van der Waals surface area contributed by atoms with Crippen molar-refractivity contribution in [1.29, 1.82) is 0 Å². The van der Waals surface area contributed by atoms with Gasteiger partial charge in [-0.3, -0.25) is 9.56 Å². The summed E-state index contributed by atoms with van der Waals surface area (Å²) in [6, 6.07) is 66.9. The topological polar surface area (TPSA) is 47.7 Å². The molecule has 0 radical (unpaired) electrons. The van der Waals surface area contributed by atoms with Gasteiger partial charge < -0.3 is 8.98 Å². The van der Waals surface area contributed by atoms with Crippen molar-refractivity contribution in [3.63, 3.8) is 0 Å². The number of benzene rings is 8. The molecule has 5 heteroatoms. The SMILES string of the molecule is CCC1C(n2c3ccccc3c3ccccc32)=NC(c2cccc3oc4c(-n5c6ccccc6c6ccc(-c7ccccc7)cc65)cccc4c23)=NC1c1ccccc1. The van der Waals surface area contributed by atoms with E-state index in [2.05, 4.69) is 204 Å².